The molecule has 1 fully saturated rings. The van der Waals surface area contributed by atoms with E-state index in [9.17, 15) is 8.42 Å². The lowest BCUT2D eigenvalue weighted by molar-refractivity contribution is 0.456. The van der Waals surface area contributed by atoms with Gasteiger partial charge in [-0.2, -0.15) is 0 Å². The topological polar surface area (TPSA) is 72.2 Å². The van der Waals surface area contributed by atoms with Gasteiger partial charge in [-0.3, -0.25) is 0 Å². The minimum absolute atomic E-state index is 0.119. The highest BCUT2D eigenvalue weighted by molar-refractivity contribution is 7.89. The lowest BCUT2D eigenvalue weighted by atomic mass is 10.1. The molecule has 2 rings (SSSR count). The van der Waals surface area contributed by atoms with Crippen molar-refractivity contribution in [2.75, 3.05) is 0 Å². The van der Waals surface area contributed by atoms with E-state index < -0.39 is 10.0 Å². The van der Waals surface area contributed by atoms with Gasteiger partial charge in [0, 0.05) is 17.1 Å². The summed E-state index contributed by atoms with van der Waals surface area (Å²) < 4.78 is 27.8. The molecule has 2 unspecified atom stereocenters. The fourth-order valence-corrected chi connectivity index (χ4v) is 4.44. The Kier molecular flexibility index (Phi) is 5.07. The highest BCUT2D eigenvalue weighted by Gasteiger charge is 2.27. The Bertz CT molecular complexity index is 575. The Balaban J connectivity index is 2.24. The molecule has 0 aromatic heterocycles. The summed E-state index contributed by atoms with van der Waals surface area (Å²) in [6.07, 6.45) is 4.84. The van der Waals surface area contributed by atoms with E-state index in [4.69, 9.17) is 17.3 Å². The number of sulfonamides is 1. The summed E-state index contributed by atoms with van der Waals surface area (Å²) in [5.41, 5.74) is 6.65. The summed E-state index contributed by atoms with van der Waals surface area (Å²) in [4.78, 5) is 0.237. The summed E-state index contributed by atoms with van der Waals surface area (Å²) >= 11 is 6.00. The van der Waals surface area contributed by atoms with Crippen LogP contribution in [0.1, 0.15) is 37.7 Å². The van der Waals surface area contributed by atoms with Crippen LogP contribution in [0, 0.1) is 6.92 Å². The highest BCUT2D eigenvalue weighted by Crippen LogP contribution is 2.24. The van der Waals surface area contributed by atoms with E-state index in [0.717, 1.165) is 32.1 Å². The van der Waals surface area contributed by atoms with Crippen LogP contribution in [-0.4, -0.2) is 20.5 Å². The van der Waals surface area contributed by atoms with E-state index in [1.807, 2.05) is 0 Å². The van der Waals surface area contributed by atoms with Crippen LogP contribution in [0.15, 0.2) is 23.1 Å². The Hall–Kier alpha value is -0.620. The Morgan fingerprint density at radius 3 is 2.70 bits per heavy atom. The van der Waals surface area contributed by atoms with Crippen molar-refractivity contribution in [2.24, 2.45) is 5.73 Å². The largest absolute Gasteiger partial charge is 0.326 e. The molecule has 20 heavy (non-hydrogen) atoms. The molecule has 3 N–H and O–H groups in total. The van der Waals surface area contributed by atoms with E-state index in [2.05, 4.69) is 4.72 Å². The average Bonchev–Trinajstić information content (AvgIpc) is 2.58. The van der Waals surface area contributed by atoms with Crippen LogP contribution in [0.4, 0.5) is 0 Å². The molecular formula is C14H21ClN2O2S. The first kappa shape index (κ1) is 15.8. The molecule has 0 spiro atoms. The predicted molar refractivity (Wildman–Crippen MR) is 81.4 cm³/mol. The third-order valence-electron chi connectivity index (χ3n) is 3.88. The van der Waals surface area contributed by atoms with Crippen molar-refractivity contribution >= 4 is 21.6 Å². The summed E-state index contributed by atoms with van der Waals surface area (Å²) in [7, 11) is -3.58. The zero-order valence-corrected chi connectivity index (χ0v) is 13.2. The van der Waals surface area contributed by atoms with Crippen LogP contribution in [0.2, 0.25) is 5.02 Å². The second kappa shape index (κ2) is 6.43. The summed E-state index contributed by atoms with van der Waals surface area (Å²) in [5, 5.41) is 0.457. The fraction of sp³-hybridized carbons (Fsp3) is 0.571. The summed E-state index contributed by atoms with van der Waals surface area (Å²) in [6.45, 7) is 1.71. The predicted octanol–water partition coefficient (Wildman–Crippen LogP) is 2.59. The molecule has 4 nitrogen and oxygen atoms in total. The van der Waals surface area contributed by atoms with Crippen LogP contribution in [0.5, 0.6) is 0 Å². The quantitative estimate of drug-likeness (QED) is 0.842. The van der Waals surface area contributed by atoms with Gasteiger partial charge in [0.05, 0.1) is 4.90 Å². The first-order valence-electron chi connectivity index (χ1n) is 6.95. The van der Waals surface area contributed by atoms with Gasteiger partial charge in [0.25, 0.3) is 0 Å². The maximum atomic E-state index is 12.5. The third-order valence-corrected chi connectivity index (χ3v) is 5.93. The van der Waals surface area contributed by atoms with Crippen LogP contribution < -0.4 is 10.5 Å². The number of benzene rings is 1. The molecule has 0 heterocycles. The van der Waals surface area contributed by atoms with Gasteiger partial charge in [0.15, 0.2) is 0 Å². The van der Waals surface area contributed by atoms with Gasteiger partial charge in [0.1, 0.15) is 0 Å². The van der Waals surface area contributed by atoms with Crippen molar-refractivity contribution in [1.82, 2.24) is 4.72 Å². The molecule has 1 aromatic rings. The second-order valence-electron chi connectivity index (χ2n) is 5.39. The standard InChI is InChI=1S/C14H21ClN2O2S/c1-10-11(15)6-5-9-14(10)20(18,19)17-13-8-4-2-3-7-12(13)16/h5-6,9,12-13,17H,2-4,7-8,16H2,1H3. The molecule has 6 heteroatoms. The number of hydrogen-bond donors (Lipinski definition) is 2. The molecule has 1 aliphatic rings. The minimum atomic E-state index is -3.58. The third kappa shape index (κ3) is 3.52. The first-order chi connectivity index (χ1) is 9.42. The van der Waals surface area contributed by atoms with E-state index >= 15 is 0 Å². The van der Waals surface area contributed by atoms with Crippen LogP contribution in [0.3, 0.4) is 0 Å². The molecule has 2 atom stereocenters. The van der Waals surface area contributed by atoms with Crippen molar-refractivity contribution < 1.29 is 8.42 Å². The SMILES string of the molecule is Cc1c(Cl)cccc1S(=O)(=O)NC1CCCCCC1N. The Morgan fingerprint density at radius 2 is 1.95 bits per heavy atom. The molecule has 1 aliphatic carbocycles. The van der Waals surface area contributed by atoms with Crippen LogP contribution >= 0.6 is 11.6 Å². The molecule has 0 saturated heterocycles. The number of nitrogens with one attached hydrogen (secondary N) is 1. The molecule has 0 aliphatic heterocycles. The van der Waals surface area contributed by atoms with Gasteiger partial charge in [0.2, 0.25) is 10.0 Å². The number of hydrogen-bond acceptors (Lipinski definition) is 3. The number of halogens is 1. The normalized spacial score (nSPS) is 24.4. The maximum Gasteiger partial charge on any atom is 0.241 e. The van der Waals surface area contributed by atoms with E-state index in [1.165, 1.54) is 0 Å². The van der Waals surface area contributed by atoms with Gasteiger partial charge in [-0.05, 0) is 37.5 Å². The Morgan fingerprint density at radius 1 is 1.25 bits per heavy atom. The maximum absolute atomic E-state index is 12.5. The monoisotopic (exact) mass is 316 g/mol. The molecule has 0 radical (unpaired) electrons. The van der Waals surface area contributed by atoms with Gasteiger partial charge < -0.3 is 5.73 Å². The minimum Gasteiger partial charge on any atom is -0.326 e. The van der Waals surface area contributed by atoms with Crippen molar-refractivity contribution in [2.45, 2.75) is 56.0 Å². The number of rotatable bonds is 3. The lowest BCUT2D eigenvalue weighted by Gasteiger charge is -2.23. The highest BCUT2D eigenvalue weighted by atomic mass is 35.5. The molecular weight excluding hydrogens is 296 g/mol. The molecule has 1 aromatic carbocycles. The van der Waals surface area contributed by atoms with Crippen LogP contribution in [0.25, 0.3) is 0 Å². The van der Waals surface area contributed by atoms with Crippen molar-refractivity contribution in [3.8, 4) is 0 Å². The zero-order valence-electron chi connectivity index (χ0n) is 11.6. The van der Waals surface area contributed by atoms with Gasteiger partial charge >= 0.3 is 0 Å². The molecule has 0 amide bonds. The van der Waals surface area contributed by atoms with E-state index in [-0.39, 0.29) is 17.0 Å². The number of nitrogens with two attached hydrogens (primary N) is 1. The zero-order chi connectivity index (χ0) is 14.8. The second-order valence-corrected chi connectivity index (χ2v) is 7.48. The van der Waals surface area contributed by atoms with Crippen molar-refractivity contribution in [3.05, 3.63) is 28.8 Å². The van der Waals surface area contributed by atoms with Crippen LogP contribution in [-0.2, 0) is 10.0 Å². The lowest BCUT2D eigenvalue weighted by Crippen LogP contribution is -2.46. The Labute approximate surface area is 125 Å². The fourth-order valence-electron chi connectivity index (χ4n) is 2.62. The molecule has 0 bridgehead atoms. The van der Waals surface area contributed by atoms with E-state index in [1.54, 1.807) is 25.1 Å². The van der Waals surface area contributed by atoms with Crippen molar-refractivity contribution in [1.29, 1.82) is 0 Å². The van der Waals surface area contributed by atoms with E-state index in [0.29, 0.717) is 10.6 Å². The molecule has 112 valence electrons. The van der Waals surface area contributed by atoms with Crippen molar-refractivity contribution in [3.63, 3.8) is 0 Å². The van der Waals surface area contributed by atoms with Gasteiger partial charge in [-0.25, -0.2) is 13.1 Å². The first-order valence-corrected chi connectivity index (χ1v) is 8.81. The average molecular weight is 317 g/mol. The smallest absolute Gasteiger partial charge is 0.241 e. The molecule has 1 saturated carbocycles. The van der Waals surface area contributed by atoms with Gasteiger partial charge in [-0.15, -0.1) is 0 Å². The van der Waals surface area contributed by atoms with Gasteiger partial charge in [-0.1, -0.05) is 36.9 Å². The summed E-state index contributed by atoms with van der Waals surface area (Å²) in [6, 6.07) is 4.60. The summed E-state index contributed by atoms with van der Waals surface area (Å²) in [5.74, 6) is 0.